The highest BCUT2D eigenvalue weighted by molar-refractivity contribution is 6.31. The van der Waals surface area contributed by atoms with Gasteiger partial charge in [-0.25, -0.2) is 0 Å². The highest BCUT2D eigenvalue weighted by Gasteiger charge is 2.11. The van der Waals surface area contributed by atoms with E-state index in [1.807, 2.05) is 109 Å². The Morgan fingerprint density at radius 2 is 1.00 bits per heavy atom. The maximum atomic E-state index is 8.49. The highest BCUT2D eigenvalue weighted by Crippen LogP contribution is 2.29. The summed E-state index contributed by atoms with van der Waals surface area (Å²) < 4.78 is 6.20. The minimum Gasteiger partial charge on any atom is -0.456 e. The third-order valence-corrected chi connectivity index (χ3v) is 7.04. The van der Waals surface area contributed by atoms with Gasteiger partial charge >= 0.3 is 0 Å². The summed E-state index contributed by atoms with van der Waals surface area (Å²) in [5.41, 5.74) is 5.10. The van der Waals surface area contributed by atoms with Crippen molar-refractivity contribution in [1.29, 1.82) is 10.8 Å². The van der Waals surface area contributed by atoms with Crippen molar-refractivity contribution in [2.45, 2.75) is 13.1 Å². The van der Waals surface area contributed by atoms with Gasteiger partial charge in [-0.2, -0.15) is 0 Å². The lowest BCUT2D eigenvalue weighted by Crippen LogP contribution is -2.23. The van der Waals surface area contributed by atoms with Gasteiger partial charge in [-0.15, -0.1) is 0 Å². The Morgan fingerprint density at radius 3 is 1.44 bits per heavy atom. The molecule has 0 amide bonds. The molecule has 0 aliphatic rings. The molecular formula is C32H26Cl2N4O. The van der Waals surface area contributed by atoms with E-state index in [9.17, 15) is 0 Å². The first-order chi connectivity index (χ1) is 19.0. The zero-order valence-electron chi connectivity index (χ0n) is 21.0. The molecule has 0 saturated carbocycles. The lowest BCUT2D eigenvalue weighted by atomic mass is 10.1. The SMILES string of the molecule is N=C(NCc1ccccc1Cl)c1cccc(-c2ccc(-c3cccc(C(=N)NCc4ccccc4Cl)c3)o2)c1. The van der Waals surface area contributed by atoms with E-state index in [4.69, 9.17) is 38.4 Å². The molecule has 0 spiro atoms. The Morgan fingerprint density at radius 1 is 0.564 bits per heavy atom. The van der Waals surface area contributed by atoms with Gasteiger partial charge in [0.05, 0.1) is 0 Å². The van der Waals surface area contributed by atoms with Gasteiger partial charge in [0, 0.05) is 45.4 Å². The van der Waals surface area contributed by atoms with Crippen molar-refractivity contribution in [3.05, 3.63) is 141 Å². The van der Waals surface area contributed by atoms with E-state index in [1.54, 1.807) is 0 Å². The van der Waals surface area contributed by atoms with Gasteiger partial charge in [-0.1, -0.05) is 96.0 Å². The van der Waals surface area contributed by atoms with Crippen LogP contribution in [0, 0.1) is 10.8 Å². The van der Waals surface area contributed by atoms with E-state index in [1.165, 1.54) is 0 Å². The molecule has 0 radical (unpaired) electrons. The maximum Gasteiger partial charge on any atom is 0.134 e. The minimum absolute atomic E-state index is 0.305. The maximum absolute atomic E-state index is 8.49. The van der Waals surface area contributed by atoms with E-state index in [0.717, 1.165) is 33.4 Å². The van der Waals surface area contributed by atoms with Crippen molar-refractivity contribution in [2.24, 2.45) is 0 Å². The summed E-state index contributed by atoms with van der Waals surface area (Å²) in [6.45, 7) is 0.929. The van der Waals surface area contributed by atoms with Crippen molar-refractivity contribution >= 4 is 34.9 Å². The van der Waals surface area contributed by atoms with Gasteiger partial charge in [-0.05, 0) is 47.5 Å². The summed E-state index contributed by atoms with van der Waals surface area (Å²) >= 11 is 12.5. The van der Waals surface area contributed by atoms with Crippen molar-refractivity contribution in [2.75, 3.05) is 0 Å². The molecule has 5 aromatic rings. The Bertz CT molecular complexity index is 1520. The van der Waals surface area contributed by atoms with Gasteiger partial charge in [0.15, 0.2) is 0 Å². The molecule has 0 bridgehead atoms. The second kappa shape index (κ2) is 12.0. The third-order valence-electron chi connectivity index (χ3n) is 6.30. The molecule has 0 atom stereocenters. The summed E-state index contributed by atoms with van der Waals surface area (Å²) in [7, 11) is 0. The van der Waals surface area contributed by atoms with E-state index in [-0.39, 0.29) is 0 Å². The summed E-state index contributed by atoms with van der Waals surface area (Å²) in [4.78, 5) is 0. The fraction of sp³-hybridized carbons (Fsp3) is 0.0625. The number of amidine groups is 2. The average molecular weight is 553 g/mol. The van der Waals surface area contributed by atoms with Crippen LogP contribution in [0.3, 0.4) is 0 Å². The molecule has 39 heavy (non-hydrogen) atoms. The first kappa shape index (κ1) is 26.3. The van der Waals surface area contributed by atoms with Crippen LogP contribution < -0.4 is 10.6 Å². The standard InChI is InChI=1S/C32H26Cl2N4O/c33-27-13-3-1-7-25(27)19-37-31(35)23-11-5-9-21(17-23)29-15-16-30(39-29)22-10-6-12-24(18-22)32(36)38-20-26-8-2-4-14-28(26)34/h1-18H,19-20H2,(H2,35,37)(H2,36,38). The number of benzene rings is 4. The average Bonchev–Trinajstić information content (AvgIpc) is 3.47. The Labute approximate surface area is 237 Å². The van der Waals surface area contributed by atoms with Crippen LogP contribution in [0.5, 0.6) is 0 Å². The second-order valence-electron chi connectivity index (χ2n) is 8.97. The van der Waals surface area contributed by atoms with Crippen LogP contribution in [0.4, 0.5) is 0 Å². The Balaban J connectivity index is 1.27. The fourth-order valence-corrected chi connectivity index (χ4v) is 4.56. The first-order valence-corrected chi connectivity index (χ1v) is 13.2. The molecule has 7 heteroatoms. The number of halogens is 2. The van der Waals surface area contributed by atoms with Crippen LogP contribution in [-0.2, 0) is 13.1 Å². The van der Waals surface area contributed by atoms with Gasteiger partial charge in [0.1, 0.15) is 23.2 Å². The molecule has 1 heterocycles. The Kier molecular flexibility index (Phi) is 8.11. The van der Waals surface area contributed by atoms with E-state index in [2.05, 4.69) is 10.6 Å². The molecule has 0 aliphatic heterocycles. The lowest BCUT2D eigenvalue weighted by Gasteiger charge is -2.10. The van der Waals surface area contributed by atoms with Crippen LogP contribution in [-0.4, -0.2) is 11.7 Å². The van der Waals surface area contributed by atoms with Gasteiger partial charge in [0.2, 0.25) is 0 Å². The highest BCUT2D eigenvalue weighted by atomic mass is 35.5. The molecule has 4 aromatic carbocycles. The molecule has 4 N–H and O–H groups in total. The monoisotopic (exact) mass is 552 g/mol. The third kappa shape index (κ3) is 6.40. The molecule has 0 aliphatic carbocycles. The van der Waals surface area contributed by atoms with Crippen molar-refractivity contribution in [3.8, 4) is 22.6 Å². The van der Waals surface area contributed by atoms with Crippen LogP contribution >= 0.6 is 23.2 Å². The van der Waals surface area contributed by atoms with Gasteiger partial charge < -0.3 is 15.1 Å². The molecular weight excluding hydrogens is 527 g/mol. The largest absolute Gasteiger partial charge is 0.456 e. The predicted molar refractivity (Wildman–Crippen MR) is 160 cm³/mol. The number of hydrogen-bond acceptors (Lipinski definition) is 3. The van der Waals surface area contributed by atoms with E-state index < -0.39 is 0 Å². The topological polar surface area (TPSA) is 84.9 Å². The van der Waals surface area contributed by atoms with Gasteiger partial charge in [0.25, 0.3) is 0 Å². The summed E-state index contributed by atoms with van der Waals surface area (Å²) in [6.07, 6.45) is 0. The number of nitrogens with one attached hydrogen (secondary N) is 4. The molecule has 194 valence electrons. The molecule has 5 nitrogen and oxygen atoms in total. The van der Waals surface area contributed by atoms with Crippen molar-refractivity contribution < 1.29 is 4.42 Å². The smallest absolute Gasteiger partial charge is 0.134 e. The van der Waals surface area contributed by atoms with Crippen LogP contribution in [0.2, 0.25) is 10.0 Å². The molecule has 1 aromatic heterocycles. The van der Waals surface area contributed by atoms with E-state index >= 15 is 0 Å². The fourth-order valence-electron chi connectivity index (χ4n) is 4.16. The zero-order chi connectivity index (χ0) is 27.2. The van der Waals surface area contributed by atoms with Crippen LogP contribution in [0.25, 0.3) is 22.6 Å². The molecule has 0 saturated heterocycles. The first-order valence-electron chi connectivity index (χ1n) is 12.4. The molecule has 0 fully saturated rings. The van der Waals surface area contributed by atoms with E-state index in [0.29, 0.717) is 46.3 Å². The quantitative estimate of drug-likeness (QED) is 0.116. The summed E-state index contributed by atoms with van der Waals surface area (Å²) in [5, 5.41) is 24.6. The Hall–Kier alpha value is -4.32. The van der Waals surface area contributed by atoms with Crippen molar-refractivity contribution in [1.82, 2.24) is 10.6 Å². The number of rotatable bonds is 8. The lowest BCUT2D eigenvalue weighted by molar-refractivity contribution is 0.597. The zero-order valence-corrected chi connectivity index (χ0v) is 22.5. The van der Waals surface area contributed by atoms with Crippen LogP contribution in [0.15, 0.2) is 114 Å². The summed E-state index contributed by atoms with van der Waals surface area (Å²) in [5.74, 6) is 2.00. The van der Waals surface area contributed by atoms with Gasteiger partial charge in [-0.3, -0.25) is 10.8 Å². The second-order valence-corrected chi connectivity index (χ2v) is 9.78. The van der Waals surface area contributed by atoms with Crippen molar-refractivity contribution in [3.63, 3.8) is 0 Å². The predicted octanol–water partition coefficient (Wildman–Crippen LogP) is 8.15. The number of furan rings is 1. The summed E-state index contributed by atoms with van der Waals surface area (Å²) in [6, 6.07) is 34.4. The normalized spacial score (nSPS) is 10.7. The number of hydrogen-bond donors (Lipinski definition) is 4. The molecule has 5 rings (SSSR count). The minimum atomic E-state index is 0.305. The molecule has 0 unspecified atom stereocenters. The van der Waals surface area contributed by atoms with Crippen LogP contribution in [0.1, 0.15) is 22.3 Å².